The van der Waals surface area contributed by atoms with E-state index < -0.39 is 0 Å². The molecule has 0 heterocycles. The first kappa shape index (κ1) is 20.7. The van der Waals surface area contributed by atoms with Crippen molar-refractivity contribution in [1.82, 2.24) is 0 Å². The lowest BCUT2D eigenvalue weighted by Crippen LogP contribution is -1.86. The Morgan fingerprint density at radius 2 is 1.23 bits per heavy atom. The number of hydrogen-bond donors (Lipinski definition) is 0. The number of hydrogen-bond acceptors (Lipinski definition) is 0. The molecule has 26 heavy (non-hydrogen) atoms. The van der Waals surface area contributed by atoms with E-state index in [9.17, 15) is 0 Å². The van der Waals surface area contributed by atoms with E-state index in [2.05, 4.69) is 61.5 Å². The van der Waals surface area contributed by atoms with Crippen molar-refractivity contribution < 1.29 is 0 Å². The Morgan fingerprint density at radius 1 is 0.615 bits per heavy atom. The fourth-order valence-corrected chi connectivity index (χ4v) is 3.73. The highest BCUT2D eigenvalue weighted by molar-refractivity contribution is 5.85. The SMILES string of the molecule is CCCCCCCCCCCC/C=C/CCc1cccc2ccccc12. The molecule has 0 saturated heterocycles. The zero-order chi connectivity index (χ0) is 18.3. The molecule has 0 spiro atoms. The summed E-state index contributed by atoms with van der Waals surface area (Å²) in [5.74, 6) is 0. The highest BCUT2D eigenvalue weighted by Gasteiger charge is 1.98. The van der Waals surface area contributed by atoms with Gasteiger partial charge in [0.1, 0.15) is 0 Å². The Labute approximate surface area is 161 Å². The minimum Gasteiger partial charge on any atom is -0.0885 e. The Bertz CT molecular complexity index is 617. The van der Waals surface area contributed by atoms with Crippen LogP contribution in [0.1, 0.15) is 89.5 Å². The fraction of sp³-hybridized carbons (Fsp3) is 0.538. The molecule has 142 valence electrons. The van der Waals surface area contributed by atoms with Crippen molar-refractivity contribution in [2.75, 3.05) is 0 Å². The largest absolute Gasteiger partial charge is 0.0885 e. The normalized spacial score (nSPS) is 11.6. The predicted molar refractivity (Wildman–Crippen MR) is 118 cm³/mol. The maximum absolute atomic E-state index is 2.40. The predicted octanol–water partition coefficient (Wildman–Crippen LogP) is 8.64. The van der Waals surface area contributed by atoms with Crippen molar-refractivity contribution in [1.29, 1.82) is 0 Å². The fourth-order valence-electron chi connectivity index (χ4n) is 3.73. The first-order valence-electron chi connectivity index (χ1n) is 11.0. The molecule has 0 N–H and O–H groups in total. The van der Waals surface area contributed by atoms with Gasteiger partial charge >= 0.3 is 0 Å². The van der Waals surface area contributed by atoms with Gasteiger partial charge in [-0.15, -0.1) is 0 Å². The van der Waals surface area contributed by atoms with Gasteiger partial charge in [0, 0.05) is 0 Å². The van der Waals surface area contributed by atoms with Crippen molar-refractivity contribution in [3.63, 3.8) is 0 Å². The third kappa shape index (κ3) is 8.21. The van der Waals surface area contributed by atoms with Gasteiger partial charge in [-0.05, 0) is 42.0 Å². The van der Waals surface area contributed by atoms with E-state index >= 15 is 0 Å². The summed E-state index contributed by atoms with van der Waals surface area (Å²) in [4.78, 5) is 0. The average molecular weight is 351 g/mol. The van der Waals surface area contributed by atoms with E-state index in [1.54, 1.807) is 0 Å². The molecule has 0 fully saturated rings. The van der Waals surface area contributed by atoms with E-state index in [0.717, 1.165) is 12.8 Å². The average Bonchev–Trinajstić information content (AvgIpc) is 2.68. The highest BCUT2D eigenvalue weighted by Crippen LogP contribution is 2.20. The van der Waals surface area contributed by atoms with Crippen LogP contribution in [0.3, 0.4) is 0 Å². The van der Waals surface area contributed by atoms with Crippen molar-refractivity contribution in [2.45, 2.75) is 90.4 Å². The van der Waals surface area contributed by atoms with Gasteiger partial charge in [0.25, 0.3) is 0 Å². The molecule has 2 aromatic rings. The minimum atomic E-state index is 1.15. The molecule has 0 unspecified atom stereocenters. The number of aryl methyl sites for hydroxylation is 1. The highest BCUT2D eigenvalue weighted by atomic mass is 14.0. The third-order valence-electron chi connectivity index (χ3n) is 5.35. The zero-order valence-corrected chi connectivity index (χ0v) is 16.9. The number of rotatable bonds is 14. The number of unbranched alkanes of at least 4 members (excludes halogenated alkanes) is 10. The van der Waals surface area contributed by atoms with E-state index in [-0.39, 0.29) is 0 Å². The summed E-state index contributed by atoms with van der Waals surface area (Å²) < 4.78 is 0. The Hall–Kier alpha value is -1.56. The van der Waals surface area contributed by atoms with Crippen LogP contribution in [0.2, 0.25) is 0 Å². The Balaban J connectivity index is 1.48. The Morgan fingerprint density at radius 3 is 2.00 bits per heavy atom. The molecule has 0 radical (unpaired) electrons. The second-order valence-corrected chi connectivity index (χ2v) is 7.62. The third-order valence-corrected chi connectivity index (χ3v) is 5.35. The molecule has 0 aliphatic carbocycles. The smallest absolute Gasteiger partial charge is 0.0152 e. The monoisotopic (exact) mass is 350 g/mol. The number of benzene rings is 2. The number of allylic oxidation sites excluding steroid dienone is 2. The molecule has 0 aromatic heterocycles. The first-order valence-corrected chi connectivity index (χ1v) is 11.0. The standard InChI is InChI=1S/C26H38/c1-2-3-4-5-6-7-8-9-10-11-12-13-14-15-19-24-21-18-22-25-20-16-17-23-26(24)25/h13-14,16-18,20-23H,2-12,15,19H2,1H3/b14-13+. The van der Waals surface area contributed by atoms with Gasteiger partial charge in [-0.3, -0.25) is 0 Å². The van der Waals surface area contributed by atoms with E-state index in [0.29, 0.717) is 0 Å². The van der Waals surface area contributed by atoms with E-state index in [1.807, 2.05) is 0 Å². The summed E-state index contributed by atoms with van der Waals surface area (Å²) >= 11 is 0. The van der Waals surface area contributed by atoms with Gasteiger partial charge in [0.05, 0.1) is 0 Å². The van der Waals surface area contributed by atoms with Crippen LogP contribution in [0.4, 0.5) is 0 Å². The van der Waals surface area contributed by atoms with Gasteiger partial charge in [-0.25, -0.2) is 0 Å². The van der Waals surface area contributed by atoms with Gasteiger partial charge in [0.15, 0.2) is 0 Å². The van der Waals surface area contributed by atoms with Crippen LogP contribution in [0.5, 0.6) is 0 Å². The van der Waals surface area contributed by atoms with Gasteiger partial charge in [-0.2, -0.15) is 0 Å². The molecule has 0 bridgehead atoms. The van der Waals surface area contributed by atoms with E-state index in [1.165, 1.54) is 87.0 Å². The van der Waals surface area contributed by atoms with Crippen LogP contribution in [0.15, 0.2) is 54.6 Å². The molecule has 2 rings (SSSR count). The molecular weight excluding hydrogens is 312 g/mol. The summed E-state index contributed by atoms with van der Waals surface area (Å²) in [6.07, 6.45) is 22.6. The number of fused-ring (bicyclic) bond motifs is 1. The summed E-state index contributed by atoms with van der Waals surface area (Å²) in [5, 5.41) is 2.78. The van der Waals surface area contributed by atoms with Crippen LogP contribution in [0, 0.1) is 0 Å². The summed E-state index contributed by atoms with van der Waals surface area (Å²) in [5.41, 5.74) is 1.48. The quantitative estimate of drug-likeness (QED) is 0.236. The lowest BCUT2D eigenvalue weighted by atomic mass is 10.0. The second-order valence-electron chi connectivity index (χ2n) is 7.62. The summed E-state index contributed by atoms with van der Waals surface area (Å²) in [6, 6.07) is 15.4. The maximum Gasteiger partial charge on any atom is -0.0152 e. The molecule has 0 heteroatoms. The lowest BCUT2D eigenvalue weighted by molar-refractivity contribution is 0.557. The molecule has 0 aliphatic heterocycles. The van der Waals surface area contributed by atoms with Crippen LogP contribution < -0.4 is 0 Å². The van der Waals surface area contributed by atoms with Crippen LogP contribution >= 0.6 is 0 Å². The van der Waals surface area contributed by atoms with Crippen LogP contribution in [0.25, 0.3) is 10.8 Å². The molecule has 0 saturated carbocycles. The van der Waals surface area contributed by atoms with Crippen molar-refractivity contribution in [3.8, 4) is 0 Å². The zero-order valence-electron chi connectivity index (χ0n) is 16.9. The topological polar surface area (TPSA) is 0 Å². The van der Waals surface area contributed by atoms with Crippen molar-refractivity contribution in [2.24, 2.45) is 0 Å². The minimum absolute atomic E-state index is 1.15. The molecule has 0 aliphatic rings. The van der Waals surface area contributed by atoms with Crippen LogP contribution in [-0.4, -0.2) is 0 Å². The van der Waals surface area contributed by atoms with Gasteiger partial charge in [0.2, 0.25) is 0 Å². The van der Waals surface area contributed by atoms with Crippen LogP contribution in [-0.2, 0) is 6.42 Å². The molecule has 0 nitrogen and oxygen atoms in total. The van der Waals surface area contributed by atoms with Gasteiger partial charge < -0.3 is 0 Å². The summed E-state index contributed by atoms with van der Waals surface area (Å²) in [6.45, 7) is 2.29. The second kappa shape index (κ2) is 13.6. The maximum atomic E-state index is 2.40. The van der Waals surface area contributed by atoms with Gasteiger partial charge in [-0.1, -0.05) is 119 Å². The van der Waals surface area contributed by atoms with Crippen molar-refractivity contribution in [3.05, 3.63) is 60.2 Å². The lowest BCUT2D eigenvalue weighted by Gasteiger charge is -2.04. The molecule has 0 atom stereocenters. The first-order chi connectivity index (χ1) is 12.9. The molecular formula is C26H38. The molecule has 0 amide bonds. The van der Waals surface area contributed by atoms with E-state index in [4.69, 9.17) is 0 Å². The van der Waals surface area contributed by atoms with Crippen molar-refractivity contribution >= 4 is 10.8 Å². The molecule has 2 aromatic carbocycles. The summed E-state index contributed by atoms with van der Waals surface area (Å²) in [7, 11) is 0. The Kier molecular flexibility index (Phi) is 10.9.